The molecule has 0 unspecified atom stereocenters. The number of hydrogen-bond donors (Lipinski definition) is 1. The highest BCUT2D eigenvalue weighted by atomic mass is 16.2. The van der Waals surface area contributed by atoms with Gasteiger partial charge in [0.15, 0.2) is 0 Å². The van der Waals surface area contributed by atoms with Crippen LogP contribution >= 0.6 is 0 Å². The van der Waals surface area contributed by atoms with Crippen LogP contribution in [0.4, 0.5) is 0 Å². The van der Waals surface area contributed by atoms with Crippen LogP contribution in [0.2, 0.25) is 0 Å². The molecule has 2 aromatic rings. The minimum Gasteiger partial charge on any atom is -0.344 e. The lowest BCUT2D eigenvalue weighted by Crippen LogP contribution is -2.46. The number of nitrogens with one attached hydrogen (secondary N) is 1. The van der Waals surface area contributed by atoms with Crippen molar-refractivity contribution in [3.63, 3.8) is 0 Å². The number of amides is 2. The van der Waals surface area contributed by atoms with E-state index in [9.17, 15) is 9.59 Å². The Hall–Kier alpha value is -2.63. The summed E-state index contributed by atoms with van der Waals surface area (Å²) in [6.07, 6.45) is 7.75. The summed E-state index contributed by atoms with van der Waals surface area (Å²) in [5.41, 5.74) is 1.92. The van der Waals surface area contributed by atoms with Gasteiger partial charge in [-0.1, -0.05) is 31.0 Å². The quantitative estimate of drug-likeness (QED) is 0.867. The van der Waals surface area contributed by atoms with Crippen LogP contribution in [0.25, 0.3) is 5.69 Å². The molecular weight excluding hydrogens is 328 g/mol. The zero-order valence-corrected chi connectivity index (χ0v) is 15.4. The lowest BCUT2D eigenvalue weighted by molar-refractivity contribution is -0.136. The van der Waals surface area contributed by atoms with Gasteiger partial charge in [-0.15, -0.1) is 0 Å². The molecule has 1 atom stereocenters. The summed E-state index contributed by atoms with van der Waals surface area (Å²) in [6, 6.07) is 9.32. The Morgan fingerprint density at radius 3 is 2.65 bits per heavy atom. The van der Waals surface area contributed by atoms with E-state index in [1.54, 1.807) is 29.7 Å². The van der Waals surface area contributed by atoms with Crippen LogP contribution in [0, 0.1) is 5.92 Å². The Labute approximate surface area is 154 Å². The van der Waals surface area contributed by atoms with Crippen molar-refractivity contribution < 1.29 is 9.59 Å². The van der Waals surface area contributed by atoms with E-state index >= 15 is 0 Å². The molecule has 1 N–H and O–H groups in total. The van der Waals surface area contributed by atoms with E-state index in [1.165, 1.54) is 0 Å². The summed E-state index contributed by atoms with van der Waals surface area (Å²) < 4.78 is 1.79. The van der Waals surface area contributed by atoms with Crippen LogP contribution in [0.15, 0.2) is 42.7 Å². The van der Waals surface area contributed by atoms with Crippen LogP contribution in [0.3, 0.4) is 0 Å². The SMILES string of the molecule is C[C@H](NC(=O)C1CCCC1)C(=O)N(C)Cc1cnn(-c2ccccc2)c1. The number of likely N-dealkylation sites (N-methyl/N-ethyl adjacent to an activating group) is 1. The Bertz CT molecular complexity index is 750. The van der Waals surface area contributed by atoms with E-state index in [4.69, 9.17) is 0 Å². The van der Waals surface area contributed by atoms with Crippen molar-refractivity contribution in [2.24, 2.45) is 5.92 Å². The Balaban J connectivity index is 1.55. The molecule has 6 heteroatoms. The molecule has 0 bridgehead atoms. The summed E-state index contributed by atoms with van der Waals surface area (Å²) in [5, 5.41) is 7.22. The predicted octanol–water partition coefficient (Wildman–Crippen LogP) is 2.53. The molecule has 1 fully saturated rings. The maximum atomic E-state index is 12.6. The van der Waals surface area contributed by atoms with Gasteiger partial charge in [0.1, 0.15) is 6.04 Å². The molecule has 1 aliphatic carbocycles. The molecule has 1 aliphatic rings. The molecule has 0 saturated heterocycles. The molecular formula is C20H26N4O2. The van der Waals surface area contributed by atoms with Gasteiger partial charge < -0.3 is 10.2 Å². The molecule has 1 heterocycles. The first-order chi connectivity index (χ1) is 12.5. The van der Waals surface area contributed by atoms with Gasteiger partial charge in [0.25, 0.3) is 0 Å². The monoisotopic (exact) mass is 354 g/mol. The van der Waals surface area contributed by atoms with Gasteiger partial charge in [-0.2, -0.15) is 5.10 Å². The zero-order valence-electron chi connectivity index (χ0n) is 15.4. The minimum atomic E-state index is -0.516. The number of hydrogen-bond acceptors (Lipinski definition) is 3. The largest absolute Gasteiger partial charge is 0.344 e. The molecule has 6 nitrogen and oxygen atoms in total. The van der Waals surface area contributed by atoms with E-state index in [0.717, 1.165) is 36.9 Å². The fourth-order valence-electron chi connectivity index (χ4n) is 3.43. The number of para-hydroxylation sites is 1. The highest BCUT2D eigenvalue weighted by Crippen LogP contribution is 2.24. The average molecular weight is 354 g/mol. The second-order valence-electron chi connectivity index (χ2n) is 7.03. The maximum Gasteiger partial charge on any atom is 0.244 e. The Kier molecular flexibility index (Phi) is 5.71. The van der Waals surface area contributed by atoms with Gasteiger partial charge >= 0.3 is 0 Å². The molecule has 0 radical (unpaired) electrons. The highest BCUT2D eigenvalue weighted by Gasteiger charge is 2.26. The molecule has 138 valence electrons. The van der Waals surface area contributed by atoms with Crippen LogP contribution in [0.1, 0.15) is 38.2 Å². The number of nitrogens with zero attached hydrogens (tertiary/aromatic N) is 3. The Morgan fingerprint density at radius 1 is 1.27 bits per heavy atom. The van der Waals surface area contributed by atoms with Gasteiger partial charge in [0.2, 0.25) is 11.8 Å². The highest BCUT2D eigenvalue weighted by molar-refractivity contribution is 5.88. The number of aromatic nitrogens is 2. The molecule has 0 aliphatic heterocycles. The standard InChI is InChI=1S/C20H26N4O2/c1-15(22-19(25)17-8-6-7-9-17)20(26)23(2)13-16-12-21-24(14-16)18-10-4-3-5-11-18/h3-5,10-12,14-15,17H,6-9,13H2,1-2H3,(H,22,25)/t15-/m0/s1. The van der Waals surface area contributed by atoms with Gasteiger partial charge in [0, 0.05) is 31.3 Å². The lowest BCUT2D eigenvalue weighted by Gasteiger charge is -2.22. The molecule has 3 rings (SSSR count). The topological polar surface area (TPSA) is 67.2 Å². The summed E-state index contributed by atoms with van der Waals surface area (Å²) in [5.74, 6) is -0.0166. The molecule has 2 amide bonds. The van der Waals surface area contributed by atoms with Crippen molar-refractivity contribution in [2.75, 3.05) is 7.05 Å². The van der Waals surface area contributed by atoms with Crippen molar-refractivity contribution in [2.45, 2.75) is 45.2 Å². The van der Waals surface area contributed by atoms with Crippen molar-refractivity contribution >= 4 is 11.8 Å². The predicted molar refractivity (Wildman–Crippen MR) is 99.6 cm³/mol. The summed E-state index contributed by atoms with van der Waals surface area (Å²) in [6.45, 7) is 2.20. The number of carbonyl (C=O) groups is 2. The molecule has 1 aromatic carbocycles. The van der Waals surface area contributed by atoms with E-state index in [1.807, 2.05) is 36.5 Å². The smallest absolute Gasteiger partial charge is 0.244 e. The van der Waals surface area contributed by atoms with Crippen molar-refractivity contribution in [3.05, 3.63) is 48.3 Å². The van der Waals surface area contributed by atoms with Crippen LogP contribution in [-0.4, -0.2) is 39.6 Å². The second-order valence-corrected chi connectivity index (χ2v) is 7.03. The van der Waals surface area contributed by atoms with Crippen LogP contribution in [0.5, 0.6) is 0 Å². The van der Waals surface area contributed by atoms with Crippen molar-refractivity contribution in [1.82, 2.24) is 20.0 Å². The van der Waals surface area contributed by atoms with E-state index in [0.29, 0.717) is 6.54 Å². The molecule has 1 saturated carbocycles. The third kappa shape index (κ3) is 4.31. The second kappa shape index (κ2) is 8.17. The fourth-order valence-corrected chi connectivity index (χ4v) is 3.43. The maximum absolute atomic E-state index is 12.6. The number of benzene rings is 1. The normalized spacial score (nSPS) is 15.6. The lowest BCUT2D eigenvalue weighted by atomic mass is 10.1. The van der Waals surface area contributed by atoms with Gasteiger partial charge in [-0.05, 0) is 31.9 Å². The van der Waals surface area contributed by atoms with Crippen LogP contribution in [-0.2, 0) is 16.1 Å². The van der Waals surface area contributed by atoms with Crippen molar-refractivity contribution in [3.8, 4) is 5.69 Å². The summed E-state index contributed by atoms with van der Waals surface area (Å²) in [7, 11) is 1.75. The Morgan fingerprint density at radius 2 is 1.96 bits per heavy atom. The van der Waals surface area contributed by atoms with E-state index < -0.39 is 6.04 Å². The third-order valence-corrected chi connectivity index (χ3v) is 4.91. The molecule has 1 aromatic heterocycles. The van der Waals surface area contributed by atoms with Gasteiger partial charge in [0.05, 0.1) is 11.9 Å². The zero-order chi connectivity index (χ0) is 18.5. The number of carbonyl (C=O) groups excluding carboxylic acids is 2. The third-order valence-electron chi connectivity index (χ3n) is 4.91. The van der Waals surface area contributed by atoms with Gasteiger partial charge in [-0.25, -0.2) is 4.68 Å². The van der Waals surface area contributed by atoms with Crippen LogP contribution < -0.4 is 5.32 Å². The molecule has 26 heavy (non-hydrogen) atoms. The van der Waals surface area contributed by atoms with Crippen molar-refractivity contribution in [1.29, 1.82) is 0 Å². The first-order valence-electron chi connectivity index (χ1n) is 9.19. The van der Waals surface area contributed by atoms with E-state index in [2.05, 4.69) is 10.4 Å². The summed E-state index contributed by atoms with van der Waals surface area (Å²) >= 11 is 0. The van der Waals surface area contributed by atoms with Gasteiger partial charge in [-0.3, -0.25) is 9.59 Å². The first kappa shape index (κ1) is 18.2. The minimum absolute atomic E-state index is 0.00801. The van der Waals surface area contributed by atoms with E-state index in [-0.39, 0.29) is 17.7 Å². The fraction of sp³-hybridized carbons (Fsp3) is 0.450. The molecule has 0 spiro atoms. The first-order valence-corrected chi connectivity index (χ1v) is 9.19. The average Bonchev–Trinajstić information content (AvgIpc) is 3.33. The number of rotatable bonds is 6. The summed E-state index contributed by atoms with van der Waals surface area (Å²) in [4.78, 5) is 26.4.